The number of aliphatic hydroxyl groups excluding tert-OH is 2. The number of hydrogen-bond donors (Lipinski definition) is 4. The highest BCUT2D eigenvalue weighted by atomic mass is 16.5. The minimum Gasteiger partial charge on any atom is -0.496 e. The molecule has 1 aliphatic rings. The number of aromatic nitrogens is 4. The van der Waals surface area contributed by atoms with Crippen LogP contribution in [0.2, 0.25) is 0 Å². The monoisotopic (exact) mass is 545 g/mol. The Morgan fingerprint density at radius 2 is 1.95 bits per heavy atom. The van der Waals surface area contributed by atoms with Gasteiger partial charge in [0, 0.05) is 25.2 Å². The number of piperidine rings is 1. The molecule has 3 heterocycles. The van der Waals surface area contributed by atoms with Crippen LogP contribution in [0.15, 0.2) is 54.9 Å². The lowest BCUT2D eigenvalue weighted by Crippen LogP contribution is -2.46. The van der Waals surface area contributed by atoms with E-state index in [1.165, 1.54) is 13.4 Å². The molecule has 0 aliphatic carbocycles. The molecule has 5 N–H and O–H groups in total. The number of fused-ring (bicyclic) bond motifs is 1. The van der Waals surface area contributed by atoms with Crippen molar-refractivity contribution in [1.82, 2.24) is 30.0 Å². The molecule has 1 aliphatic heterocycles. The number of methoxy groups -OCH3 is 1. The number of anilines is 1. The van der Waals surface area contributed by atoms with E-state index in [2.05, 4.69) is 15.3 Å². The summed E-state index contributed by atoms with van der Waals surface area (Å²) in [7, 11) is 1.53. The van der Waals surface area contributed by atoms with Crippen LogP contribution >= 0.6 is 0 Å². The zero-order valence-corrected chi connectivity index (χ0v) is 22.0. The number of carbonyl (C=O) groups excluding carboxylic acids is 2. The molecule has 1 saturated heterocycles. The second-order valence-electron chi connectivity index (χ2n) is 9.61. The molecule has 12 heteroatoms. The number of carbonyl (C=O) groups is 2. The molecule has 1 fully saturated rings. The molecule has 0 bridgehead atoms. The molecular formula is C28H31N7O5. The van der Waals surface area contributed by atoms with Crippen molar-refractivity contribution < 1.29 is 24.5 Å². The zero-order valence-electron chi connectivity index (χ0n) is 22.0. The van der Waals surface area contributed by atoms with Gasteiger partial charge in [-0.05, 0) is 30.5 Å². The second-order valence-corrected chi connectivity index (χ2v) is 9.61. The fourth-order valence-electron chi connectivity index (χ4n) is 4.99. The first kappa shape index (κ1) is 27.0. The van der Waals surface area contributed by atoms with Crippen molar-refractivity contribution >= 4 is 28.7 Å². The molecular weight excluding hydrogens is 514 g/mol. The number of nitrogens with one attached hydrogen (secondary N) is 1. The third-order valence-corrected chi connectivity index (χ3v) is 7.06. The van der Waals surface area contributed by atoms with Gasteiger partial charge in [0.2, 0.25) is 0 Å². The minimum atomic E-state index is -1.44. The normalized spacial score (nSPS) is 16.1. The summed E-state index contributed by atoms with van der Waals surface area (Å²) >= 11 is 0. The quantitative estimate of drug-likeness (QED) is 0.256. The van der Waals surface area contributed by atoms with Gasteiger partial charge < -0.3 is 30.9 Å². The number of nitrogens with two attached hydrogens (primary N) is 1. The number of likely N-dealkylation sites (tertiary alicyclic amines) is 1. The molecule has 5 rings (SSSR count). The summed E-state index contributed by atoms with van der Waals surface area (Å²) in [5.41, 5.74) is 9.58. The number of nitrogen functional groups attached to an aromatic ring is 1. The topological polar surface area (TPSA) is 169 Å². The van der Waals surface area contributed by atoms with E-state index in [4.69, 9.17) is 15.6 Å². The van der Waals surface area contributed by atoms with Gasteiger partial charge >= 0.3 is 0 Å². The Labute approximate surface area is 230 Å². The van der Waals surface area contributed by atoms with Crippen LogP contribution in [0.5, 0.6) is 5.75 Å². The average molecular weight is 546 g/mol. The zero-order chi connectivity index (χ0) is 28.2. The smallest absolute Gasteiger partial charge is 0.255 e. The van der Waals surface area contributed by atoms with Crippen molar-refractivity contribution in [3.63, 3.8) is 0 Å². The maximum atomic E-state index is 12.7. The van der Waals surface area contributed by atoms with Gasteiger partial charge in [-0.1, -0.05) is 36.4 Å². The van der Waals surface area contributed by atoms with Crippen molar-refractivity contribution in [3.05, 3.63) is 66.0 Å². The molecule has 2 aromatic heterocycles. The van der Waals surface area contributed by atoms with Crippen molar-refractivity contribution in [2.24, 2.45) is 0 Å². The van der Waals surface area contributed by atoms with E-state index in [1.54, 1.807) is 27.8 Å². The van der Waals surface area contributed by atoms with Crippen LogP contribution in [0.1, 0.15) is 34.8 Å². The number of nitrogens with zero attached hydrogens (tertiary/aromatic N) is 5. The molecule has 0 radical (unpaired) electrons. The second kappa shape index (κ2) is 11.7. The molecule has 2 atom stereocenters. The van der Waals surface area contributed by atoms with Gasteiger partial charge in [0.05, 0.1) is 30.7 Å². The molecule has 2 aromatic carbocycles. The van der Waals surface area contributed by atoms with Gasteiger partial charge in [0.25, 0.3) is 11.8 Å². The lowest BCUT2D eigenvalue weighted by Gasteiger charge is -2.33. The lowest BCUT2D eigenvalue weighted by molar-refractivity contribution is -0.143. The third-order valence-electron chi connectivity index (χ3n) is 7.06. The number of amides is 2. The fourth-order valence-corrected chi connectivity index (χ4v) is 4.99. The van der Waals surface area contributed by atoms with E-state index >= 15 is 0 Å². The van der Waals surface area contributed by atoms with Crippen LogP contribution in [-0.4, -0.2) is 79.6 Å². The Morgan fingerprint density at radius 1 is 1.18 bits per heavy atom. The van der Waals surface area contributed by atoms with E-state index < -0.39 is 18.6 Å². The Morgan fingerprint density at radius 3 is 2.70 bits per heavy atom. The maximum Gasteiger partial charge on any atom is 0.255 e. The molecule has 40 heavy (non-hydrogen) atoms. The summed E-state index contributed by atoms with van der Waals surface area (Å²) in [6.45, 7) is 0.507. The molecule has 0 saturated carbocycles. The van der Waals surface area contributed by atoms with Crippen LogP contribution in [0.4, 0.5) is 5.82 Å². The first-order valence-electron chi connectivity index (χ1n) is 13.0. The average Bonchev–Trinajstić information content (AvgIpc) is 3.40. The van der Waals surface area contributed by atoms with E-state index in [-0.39, 0.29) is 11.9 Å². The predicted molar refractivity (Wildman–Crippen MR) is 147 cm³/mol. The lowest BCUT2D eigenvalue weighted by atomic mass is 10.0. The van der Waals surface area contributed by atoms with Crippen LogP contribution in [-0.2, 0) is 11.3 Å². The fraction of sp³-hybridized carbons (Fsp3) is 0.321. The molecule has 2 amide bonds. The molecule has 1 unspecified atom stereocenters. The van der Waals surface area contributed by atoms with Crippen LogP contribution < -0.4 is 15.8 Å². The third kappa shape index (κ3) is 5.31. The first-order valence-corrected chi connectivity index (χ1v) is 13.0. The van der Waals surface area contributed by atoms with Gasteiger partial charge in [-0.25, -0.2) is 14.6 Å². The van der Waals surface area contributed by atoms with Gasteiger partial charge in [-0.2, -0.15) is 5.10 Å². The van der Waals surface area contributed by atoms with Gasteiger partial charge in [-0.15, -0.1) is 0 Å². The summed E-state index contributed by atoms with van der Waals surface area (Å²) < 4.78 is 7.05. The molecule has 208 valence electrons. The highest BCUT2D eigenvalue weighted by Crippen LogP contribution is 2.34. The predicted octanol–water partition coefficient (Wildman–Crippen LogP) is 1.53. The highest BCUT2D eigenvalue weighted by Gasteiger charge is 2.31. The van der Waals surface area contributed by atoms with Crippen molar-refractivity contribution in [2.45, 2.75) is 31.5 Å². The Hall–Kier alpha value is -4.55. The number of benzene rings is 2. The van der Waals surface area contributed by atoms with Crippen LogP contribution in [0.3, 0.4) is 0 Å². The Bertz CT molecular complexity index is 1520. The number of aliphatic hydroxyl groups is 2. The van der Waals surface area contributed by atoms with Gasteiger partial charge in [0.15, 0.2) is 11.8 Å². The standard InChI is InChI=1S/C28H31N7O5/c1-40-22-7-3-2-6-20(22)27(38)30-13-17-8-10-18(11-9-17)24-23-25(29)31-16-32-26(23)35(33-24)19-5-4-12-34(14-19)28(39)21(37)15-36/h2-3,6-11,16,19,21,36-37H,4-5,12-15H2,1H3,(H,30,38)(H2,29,31,32)/t19-,21?/m1/s1. The summed E-state index contributed by atoms with van der Waals surface area (Å²) in [6, 6.07) is 14.5. The number of rotatable bonds is 8. The SMILES string of the molecule is COc1ccccc1C(=O)NCc1ccc(-c2nn([C@@H]3CCCN(C(=O)C(O)CO)C3)c3ncnc(N)c23)cc1. The number of para-hydroxylation sites is 1. The van der Waals surface area contributed by atoms with E-state index in [9.17, 15) is 19.8 Å². The summed E-state index contributed by atoms with van der Waals surface area (Å²) in [5, 5.41) is 27.4. The van der Waals surface area contributed by atoms with E-state index in [0.717, 1.165) is 17.5 Å². The highest BCUT2D eigenvalue weighted by molar-refractivity contribution is 5.98. The largest absolute Gasteiger partial charge is 0.496 e. The first-order chi connectivity index (χ1) is 19.4. The van der Waals surface area contributed by atoms with Crippen molar-refractivity contribution in [2.75, 3.05) is 32.5 Å². The Balaban J connectivity index is 1.38. The summed E-state index contributed by atoms with van der Waals surface area (Å²) in [4.78, 5) is 35.3. The molecule has 0 spiro atoms. The van der Waals surface area contributed by atoms with E-state index in [0.29, 0.717) is 59.9 Å². The molecule has 12 nitrogen and oxygen atoms in total. The van der Waals surface area contributed by atoms with Crippen molar-refractivity contribution in [1.29, 1.82) is 0 Å². The summed E-state index contributed by atoms with van der Waals surface area (Å²) in [5.74, 6) is 0.0561. The van der Waals surface area contributed by atoms with Crippen LogP contribution in [0.25, 0.3) is 22.3 Å². The Kier molecular flexibility index (Phi) is 7.89. The van der Waals surface area contributed by atoms with E-state index in [1.807, 2.05) is 30.3 Å². The number of ether oxygens (including phenoxy) is 1. The van der Waals surface area contributed by atoms with Gasteiger partial charge in [0.1, 0.15) is 23.6 Å². The minimum absolute atomic E-state index is 0.196. The molecule has 4 aromatic rings. The van der Waals surface area contributed by atoms with Crippen LogP contribution in [0, 0.1) is 0 Å². The summed E-state index contributed by atoms with van der Waals surface area (Å²) in [6.07, 6.45) is 1.40. The van der Waals surface area contributed by atoms with Crippen molar-refractivity contribution in [3.8, 4) is 17.0 Å². The van der Waals surface area contributed by atoms with Gasteiger partial charge in [-0.3, -0.25) is 9.59 Å². The number of hydrogen-bond acceptors (Lipinski definition) is 9. The maximum absolute atomic E-state index is 12.7.